The molecule has 1 aliphatic rings. The van der Waals surface area contributed by atoms with Crippen molar-refractivity contribution in [3.63, 3.8) is 0 Å². The summed E-state index contributed by atoms with van der Waals surface area (Å²) in [5.41, 5.74) is 1.08. The average molecular weight is 423 g/mol. The van der Waals surface area contributed by atoms with Gasteiger partial charge in [-0.15, -0.1) is 0 Å². The molecule has 6 heteroatoms. The lowest BCUT2D eigenvalue weighted by Gasteiger charge is -2.38. The summed E-state index contributed by atoms with van der Waals surface area (Å²) < 4.78 is 5.43. The van der Waals surface area contributed by atoms with Crippen molar-refractivity contribution in [1.82, 2.24) is 4.90 Å². The molecule has 1 saturated heterocycles. The molecule has 0 aliphatic carbocycles. The first-order valence-electron chi connectivity index (χ1n) is 10.6. The van der Waals surface area contributed by atoms with Crippen LogP contribution >= 0.6 is 0 Å². The molecule has 0 spiro atoms. The summed E-state index contributed by atoms with van der Waals surface area (Å²) in [7, 11) is 0. The number of carboxylic acid groups (broad SMARTS) is 1. The summed E-state index contributed by atoms with van der Waals surface area (Å²) in [4.78, 5) is 31.0. The van der Waals surface area contributed by atoms with Crippen molar-refractivity contribution in [2.75, 3.05) is 19.6 Å². The number of carboxylic acids is 1. The fourth-order valence-electron chi connectivity index (χ4n) is 3.66. The highest BCUT2D eigenvalue weighted by Crippen LogP contribution is 2.33. The van der Waals surface area contributed by atoms with Crippen LogP contribution in [0.3, 0.4) is 0 Å². The largest absolute Gasteiger partial charge is 0.481 e. The molecule has 164 valence electrons. The van der Waals surface area contributed by atoms with Gasteiger partial charge < -0.3 is 14.7 Å². The number of carbonyl (C=O) groups excluding carboxylic acids is 1. The van der Waals surface area contributed by atoms with Gasteiger partial charge in [0.15, 0.2) is 0 Å². The van der Waals surface area contributed by atoms with E-state index in [-0.39, 0.29) is 6.54 Å². The van der Waals surface area contributed by atoms with Gasteiger partial charge in [0.2, 0.25) is 0 Å². The highest BCUT2D eigenvalue weighted by molar-refractivity contribution is 6.12. The molecule has 2 aromatic carbocycles. The quantitative estimate of drug-likeness (QED) is 0.713. The highest BCUT2D eigenvalue weighted by atomic mass is 16.6. The summed E-state index contributed by atoms with van der Waals surface area (Å²) in [6.45, 7) is 6.29. The number of rotatable bonds is 5. The van der Waals surface area contributed by atoms with Gasteiger partial charge in [0.25, 0.3) is 0 Å². The molecule has 1 N–H and O–H groups in total. The smallest absolute Gasteiger partial charge is 0.410 e. The number of amides is 1. The lowest BCUT2D eigenvalue weighted by molar-refractivity contribution is -0.151. The van der Waals surface area contributed by atoms with Gasteiger partial charge in [0.1, 0.15) is 5.60 Å². The SMILES string of the molecule is CC(C)(C)OC(=O)N1CCC(CN=C(c2ccccc2)c2ccccc2)(C(=O)O)CC1. The number of nitrogens with zero attached hydrogens (tertiary/aromatic N) is 2. The average Bonchev–Trinajstić information content (AvgIpc) is 2.74. The summed E-state index contributed by atoms with van der Waals surface area (Å²) >= 11 is 0. The summed E-state index contributed by atoms with van der Waals surface area (Å²) in [5, 5.41) is 10.1. The highest BCUT2D eigenvalue weighted by Gasteiger charge is 2.43. The maximum atomic E-state index is 12.4. The Kier molecular flexibility index (Phi) is 6.78. The van der Waals surface area contributed by atoms with Gasteiger partial charge in [-0.25, -0.2) is 4.79 Å². The van der Waals surface area contributed by atoms with E-state index < -0.39 is 23.1 Å². The lowest BCUT2D eigenvalue weighted by atomic mass is 9.78. The second-order valence-corrected chi connectivity index (χ2v) is 8.95. The third kappa shape index (κ3) is 5.72. The minimum atomic E-state index is -1.01. The first-order valence-corrected chi connectivity index (χ1v) is 10.6. The van der Waals surface area contributed by atoms with E-state index in [1.165, 1.54) is 0 Å². The first-order chi connectivity index (χ1) is 14.7. The number of likely N-dealkylation sites (tertiary alicyclic amines) is 1. The monoisotopic (exact) mass is 422 g/mol. The molecule has 0 aromatic heterocycles. The van der Waals surface area contributed by atoms with Gasteiger partial charge in [-0.3, -0.25) is 9.79 Å². The zero-order valence-electron chi connectivity index (χ0n) is 18.4. The lowest BCUT2D eigenvalue weighted by Crippen LogP contribution is -2.49. The molecular formula is C25H30N2O4. The van der Waals surface area contributed by atoms with Gasteiger partial charge in [0.05, 0.1) is 17.7 Å². The Morgan fingerprint density at radius 2 is 1.45 bits per heavy atom. The Balaban J connectivity index is 1.81. The normalized spacial score (nSPS) is 15.8. The van der Waals surface area contributed by atoms with E-state index in [2.05, 4.69) is 0 Å². The van der Waals surface area contributed by atoms with Crippen LogP contribution in [-0.4, -0.2) is 53.0 Å². The third-order valence-corrected chi connectivity index (χ3v) is 5.46. The predicted octanol–water partition coefficient (Wildman–Crippen LogP) is 4.63. The summed E-state index contributed by atoms with van der Waals surface area (Å²) in [6.07, 6.45) is 0.272. The van der Waals surface area contributed by atoms with E-state index in [1.54, 1.807) is 4.90 Å². The number of aliphatic imine (C=N–C) groups is 1. The molecule has 2 aromatic rings. The topological polar surface area (TPSA) is 79.2 Å². The van der Waals surface area contributed by atoms with Crippen molar-refractivity contribution in [1.29, 1.82) is 0 Å². The minimum Gasteiger partial charge on any atom is -0.481 e. The van der Waals surface area contributed by atoms with Gasteiger partial charge >= 0.3 is 12.1 Å². The molecule has 31 heavy (non-hydrogen) atoms. The van der Waals surface area contributed by atoms with Crippen molar-refractivity contribution in [2.45, 2.75) is 39.2 Å². The van der Waals surface area contributed by atoms with Crippen molar-refractivity contribution >= 4 is 17.8 Å². The van der Waals surface area contributed by atoms with Crippen LogP contribution in [0.25, 0.3) is 0 Å². The van der Waals surface area contributed by atoms with Gasteiger partial charge in [-0.05, 0) is 33.6 Å². The van der Waals surface area contributed by atoms with E-state index in [1.807, 2.05) is 81.4 Å². The Morgan fingerprint density at radius 1 is 0.968 bits per heavy atom. The molecule has 1 amide bonds. The van der Waals surface area contributed by atoms with E-state index in [0.717, 1.165) is 16.8 Å². The van der Waals surface area contributed by atoms with Crippen LogP contribution in [0.2, 0.25) is 0 Å². The van der Waals surface area contributed by atoms with Crippen molar-refractivity contribution in [2.24, 2.45) is 10.4 Å². The molecule has 0 atom stereocenters. The van der Waals surface area contributed by atoms with E-state index in [4.69, 9.17) is 9.73 Å². The Labute approximate surface area is 183 Å². The standard InChI is InChI=1S/C25H30N2O4/c1-24(2,3)31-23(30)27-16-14-25(15-17-27,22(28)29)18-26-21(19-10-6-4-7-11-19)20-12-8-5-9-13-20/h4-13H,14-18H2,1-3H3,(H,28,29). The number of hydrogen-bond donors (Lipinski definition) is 1. The van der Waals surface area contributed by atoms with Crippen LogP contribution in [-0.2, 0) is 9.53 Å². The van der Waals surface area contributed by atoms with Gasteiger partial charge in [-0.1, -0.05) is 60.7 Å². The van der Waals surface area contributed by atoms with Gasteiger partial charge in [-0.2, -0.15) is 0 Å². The number of ether oxygens (including phenoxy) is 1. The molecule has 6 nitrogen and oxygen atoms in total. The number of hydrogen-bond acceptors (Lipinski definition) is 4. The Bertz CT molecular complexity index is 883. The zero-order valence-corrected chi connectivity index (χ0v) is 18.4. The molecule has 1 heterocycles. The van der Waals surface area contributed by atoms with Crippen LogP contribution < -0.4 is 0 Å². The first kappa shape index (κ1) is 22.5. The maximum Gasteiger partial charge on any atom is 0.410 e. The van der Waals surface area contributed by atoms with Crippen molar-refractivity contribution in [3.8, 4) is 0 Å². The number of benzene rings is 2. The van der Waals surface area contributed by atoms with Crippen LogP contribution in [0.15, 0.2) is 65.7 Å². The molecule has 1 aliphatic heterocycles. The second kappa shape index (κ2) is 9.33. The summed E-state index contributed by atoms with van der Waals surface area (Å²) in [5.74, 6) is -0.874. The predicted molar refractivity (Wildman–Crippen MR) is 120 cm³/mol. The van der Waals surface area contributed by atoms with Crippen molar-refractivity contribution in [3.05, 3.63) is 71.8 Å². The third-order valence-electron chi connectivity index (χ3n) is 5.46. The molecule has 0 unspecified atom stereocenters. The van der Waals surface area contributed by atoms with E-state index in [9.17, 15) is 14.7 Å². The fraction of sp³-hybridized carbons (Fsp3) is 0.400. The van der Waals surface area contributed by atoms with Crippen LogP contribution in [0.4, 0.5) is 4.79 Å². The van der Waals surface area contributed by atoms with Crippen LogP contribution in [0.1, 0.15) is 44.7 Å². The van der Waals surface area contributed by atoms with Crippen LogP contribution in [0.5, 0.6) is 0 Å². The Hall–Kier alpha value is -3.15. The van der Waals surface area contributed by atoms with Crippen molar-refractivity contribution < 1.29 is 19.4 Å². The number of carbonyl (C=O) groups is 2. The molecular weight excluding hydrogens is 392 g/mol. The van der Waals surface area contributed by atoms with Gasteiger partial charge in [0, 0.05) is 24.2 Å². The molecule has 0 bridgehead atoms. The molecule has 0 radical (unpaired) electrons. The zero-order chi connectivity index (χ0) is 22.5. The van der Waals surface area contributed by atoms with E-state index >= 15 is 0 Å². The fourth-order valence-corrected chi connectivity index (χ4v) is 3.66. The minimum absolute atomic E-state index is 0.156. The molecule has 3 rings (SSSR count). The maximum absolute atomic E-state index is 12.4. The number of piperidine rings is 1. The second-order valence-electron chi connectivity index (χ2n) is 8.95. The molecule has 0 saturated carbocycles. The molecule has 1 fully saturated rings. The summed E-state index contributed by atoms with van der Waals surface area (Å²) in [6, 6.07) is 19.6. The number of aliphatic carboxylic acids is 1. The van der Waals surface area contributed by atoms with E-state index in [0.29, 0.717) is 25.9 Å². The van der Waals surface area contributed by atoms with Crippen LogP contribution in [0, 0.1) is 5.41 Å². The Morgan fingerprint density at radius 3 is 1.87 bits per heavy atom.